The number of rotatable bonds is 4. The lowest BCUT2D eigenvalue weighted by atomic mass is 9.92. The van der Waals surface area contributed by atoms with Crippen molar-refractivity contribution < 1.29 is 0 Å². The predicted molar refractivity (Wildman–Crippen MR) is 94.3 cm³/mol. The Bertz CT molecular complexity index is 433. The highest BCUT2D eigenvalue weighted by molar-refractivity contribution is 7.12. The smallest absolute Gasteiger partial charge is 0.0478 e. The lowest BCUT2D eigenvalue weighted by Gasteiger charge is -2.32. The van der Waals surface area contributed by atoms with Gasteiger partial charge in [0.25, 0.3) is 0 Å². The molecule has 0 aliphatic carbocycles. The largest absolute Gasteiger partial charge is 0.317 e. The summed E-state index contributed by atoms with van der Waals surface area (Å²) in [4.78, 5) is 5.66. The van der Waals surface area contributed by atoms with E-state index in [0.29, 0.717) is 6.04 Å². The van der Waals surface area contributed by atoms with E-state index < -0.39 is 0 Å². The van der Waals surface area contributed by atoms with Gasteiger partial charge in [-0.3, -0.25) is 4.90 Å². The lowest BCUT2D eigenvalue weighted by molar-refractivity contribution is 0.193. The van der Waals surface area contributed by atoms with Gasteiger partial charge in [-0.25, -0.2) is 0 Å². The number of hydrogen-bond donors (Lipinski definition) is 1. The van der Waals surface area contributed by atoms with Gasteiger partial charge >= 0.3 is 0 Å². The van der Waals surface area contributed by atoms with Crippen molar-refractivity contribution in [2.45, 2.75) is 58.4 Å². The van der Waals surface area contributed by atoms with Gasteiger partial charge in [0.15, 0.2) is 0 Å². The Balaban J connectivity index is 2.23. The van der Waals surface area contributed by atoms with Crippen LogP contribution in [-0.2, 0) is 5.41 Å². The van der Waals surface area contributed by atoms with Crippen LogP contribution in [0.3, 0.4) is 0 Å². The number of nitrogens with one attached hydrogen (secondary N) is 1. The molecule has 2 heterocycles. The van der Waals surface area contributed by atoms with Crippen molar-refractivity contribution in [3.05, 3.63) is 21.9 Å². The van der Waals surface area contributed by atoms with E-state index in [2.05, 4.69) is 57.1 Å². The Hall–Kier alpha value is -0.380. The molecule has 0 aromatic carbocycles. The van der Waals surface area contributed by atoms with Gasteiger partial charge in [-0.05, 0) is 63.0 Å². The maximum absolute atomic E-state index is 3.58. The van der Waals surface area contributed by atoms with E-state index in [9.17, 15) is 0 Å². The van der Waals surface area contributed by atoms with Gasteiger partial charge < -0.3 is 5.32 Å². The van der Waals surface area contributed by atoms with Crippen LogP contribution >= 0.6 is 11.3 Å². The normalized spacial score (nSPS) is 25.0. The van der Waals surface area contributed by atoms with Crippen LogP contribution in [0.4, 0.5) is 0 Å². The second-order valence-electron chi connectivity index (χ2n) is 7.44. The summed E-state index contributed by atoms with van der Waals surface area (Å²) in [6.45, 7) is 12.6. The molecule has 120 valence electrons. The van der Waals surface area contributed by atoms with E-state index in [1.165, 1.54) is 30.7 Å². The summed E-state index contributed by atoms with van der Waals surface area (Å²) in [6.07, 6.45) is 4.06. The van der Waals surface area contributed by atoms with E-state index in [1.807, 2.05) is 11.3 Å². The average molecular weight is 309 g/mol. The minimum absolute atomic E-state index is 0.267. The number of hydrogen-bond acceptors (Lipinski definition) is 3. The van der Waals surface area contributed by atoms with Crippen LogP contribution in [0, 0.1) is 5.92 Å². The summed E-state index contributed by atoms with van der Waals surface area (Å²) in [7, 11) is 2.31. The zero-order valence-corrected chi connectivity index (χ0v) is 15.2. The molecule has 0 saturated carbocycles. The fraction of sp³-hybridized carbons (Fsp3) is 0.778. The third-order valence-electron chi connectivity index (χ3n) is 4.57. The zero-order valence-electron chi connectivity index (χ0n) is 14.4. The van der Waals surface area contributed by atoms with Gasteiger partial charge in [-0.15, -0.1) is 11.3 Å². The Morgan fingerprint density at radius 2 is 2.05 bits per heavy atom. The van der Waals surface area contributed by atoms with Gasteiger partial charge in [0.05, 0.1) is 0 Å². The minimum atomic E-state index is 0.267. The van der Waals surface area contributed by atoms with Crippen molar-refractivity contribution in [3.63, 3.8) is 0 Å². The van der Waals surface area contributed by atoms with E-state index in [0.717, 1.165) is 19.0 Å². The first-order valence-corrected chi connectivity index (χ1v) is 9.26. The number of nitrogens with zero attached hydrogens (tertiary/aromatic N) is 1. The van der Waals surface area contributed by atoms with Crippen molar-refractivity contribution in [2.75, 3.05) is 26.7 Å². The third kappa shape index (κ3) is 4.30. The van der Waals surface area contributed by atoms with Crippen molar-refractivity contribution in [3.8, 4) is 0 Å². The summed E-state index contributed by atoms with van der Waals surface area (Å²) >= 11 is 2.03. The molecule has 1 aromatic rings. The molecule has 2 rings (SSSR count). The molecule has 21 heavy (non-hydrogen) atoms. The van der Waals surface area contributed by atoms with Crippen LogP contribution in [0.25, 0.3) is 0 Å². The van der Waals surface area contributed by atoms with E-state index in [-0.39, 0.29) is 5.41 Å². The maximum atomic E-state index is 3.58. The topological polar surface area (TPSA) is 15.3 Å². The third-order valence-corrected chi connectivity index (χ3v) is 6.15. The molecule has 0 bridgehead atoms. The fourth-order valence-electron chi connectivity index (χ4n) is 3.33. The van der Waals surface area contributed by atoms with Crippen molar-refractivity contribution in [1.82, 2.24) is 10.2 Å². The van der Waals surface area contributed by atoms with Gasteiger partial charge in [-0.2, -0.15) is 0 Å². The zero-order chi connectivity index (χ0) is 15.5. The Morgan fingerprint density at radius 3 is 2.67 bits per heavy atom. The molecule has 1 aliphatic heterocycles. The van der Waals surface area contributed by atoms with Crippen LogP contribution in [0.1, 0.15) is 62.8 Å². The fourth-order valence-corrected chi connectivity index (χ4v) is 4.66. The summed E-state index contributed by atoms with van der Waals surface area (Å²) in [5.74, 6) is 0.740. The average Bonchev–Trinajstić information content (AvgIpc) is 2.82. The summed E-state index contributed by atoms with van der Waals surface area (Å²) in [5.41, 5.74) is 0.267. The molecule has 3 heteroatoms. The van der Waals surface area contributed by atoms with Crippen LogP contribution < -0.4 is 5.32 Å². The Labute approximate surface area is 134 Å². The van der Waals surface area contributed by atoms with Crippen LogP contribution in [0.15, 0.2) is 12.1 Å². The monoisotopic (exact) mass is 308 g/mol. The SMILES string of the molecule is CCNCC1CCCCN(C)C1c1ccc(C(C)(C)C)s1. The van der Waals surface area contributed by atoms with Crippen LogP contribution in [-0.4, -0.2) is 31.6 Å². The molecule has 1 N–H and O–H groups in total. The first-order valence-electron chi connectivity index (χ1n) is 8.44. The van der Waals surface area contributed by atoms with Crippen molar-refractivity contribution >= 4 is 11.3 Å². The van der Waals surface area contributed by atoms with Crippen molar-refractivity contribution in [1.29, 1.82) is 0 Å². The molecule has 2 nitrogen and oxygen atoms in total. The first kappa shape index (κ1) is 17.0. The highest BCUT2D eigenvalue weighted by atomic mass is 32.1. The standard InChI is InChI=1S/C18H32N2S/c1-6-19-13-14-9-7-8-12-20(5)17(14)15-10-11-16(21-15)18(2,3)4/h10-11,14,17,19H,6-9,12-13H2,1-5H3. The second kappa shape index (κ2) is 7.26. The summed E-state index contributed by atoms with van der Waals surface area (Å²) in [5, 5.41) is 3.58. The predicted octanol–water partition coefficient (Wildman–Crippen LogP) is 4.43. The molecule has 0 amide bonds. The second-order valence-corrected chi connectivity index (χ2v) is 8.56. The van der Waals surface area contributed by atoms with Gasteiger partial charge in [0, 0.05) is 15.8 Å². The summed E-state index contributed by atoms with van der Waals surface area (Å²) in [6, 6.07) is 5.33. The first-order chi connectivity index (χ1) is 9.93. The molecule has 0 radical (unpaired) electrons. The molecule has 1 fully saturated rings. The van der Waals surface area contributed by atoms with Crippen LogP contribution in [0.2, 0.25) is 0 Å². The Morgan fingerprint density at radius 1 is 1.29 bits per heavy atom. The van der Waals surface area contributed by atoms with Crippen LogP contribution in [0.5, 0.6) is 0 Å². The Kier molecular flexibility index (Phi) is 5.87. The van der Waals surface area contributed by atoms with E-state index >= 15 is 0 Å². The van der Waals surface area contributed by atoms with E-state index in [4.69, 9.17) is 0 Å². The molecule has 1 aliphatic rings. The molecule has 0 spiro atoms. The maximum Gasteiger partial charge on any atom is 0.0478 e. The number of likely N-dealkylation sites (tertiary alicyclic amines) is 1. The lowest BCUT2D eigenvalue weighted by Crippen LogP contribution is -2.34. The van der Waals surface area contributed by atoms with Gasteiger partial charge in [0.1, 0.15) is 0 Å². The quantitative estimate of drug-likeness (QED) is 0.885. The van der Waals surface area contributed by atoms with E-state index in [1.54, 1.807) is 4.88 Å². The molecule has 1 saturated heterocycles. The van der Waals surface area contributed by atoms with Gasteiger partial charge in [0.2, 0.25) is 0 Å². The highest BCUT2D eigenvalue weighted by Gasteiger charge is 2.30. The number of thiophene rings is 1. The molecular formula is C18H32N2S. The molecule has 2 unspecified atom stereocenters. The van der Waals surface area contributed by atoms with Gasteiger partial charge in [-0.1, -0.05) is 34.1 Å². The molecular weight excluding hydrogens is 276 g/mol. The summed E-state index contributed by atoms with van der Waals surface area (Å²) < 4.78 is 0. The molecule has 2 atom stereocenters. The molecule has 1 aromatic heterocycles. The highest BCUT2D eigenvalue weighted by Crippen LogP contribution is 2.40. The van der Waals surface area contributed by atoms with Crippen molar-refractivity contribution in [2.24, 2.45) is 5.92 Å². The minimum Gasteiger partial charge on any atom is -0.317 e.